The summed E-state index contributed by atoms with van der Waals surface area (Å²) < 4.78 is 10.6. The average Bonchev–Trinajstić information content (AvgIpc) is 2.42. The van der Waals surface area contributed by atoms with Crippen LogP contribution in [0.5, 0.6) is 5.75 Å². The van der Waals surface area contributed by atoms with Crippen LogP contribution >= 0.6 is 11.6 Å². The highest BCUT2D eigenvalue weighted by molar-refractivity contribution is 6.30. The predicted molar refractivity (Wildman–Crippen MR) is 88.7 cm³/mol. The van der Waals surface area contributed by atoms with Crippen LogP contribution in [0.2, 0.25) is 5.02 Å². The third-order valence-electron chi connectivity index (χ3n) is 2.58. The third kappa shape index (κ3) is 7.74. The Morgan fingerprint density at radius 3 is 2.52 bits per heavy atom. The number of amides is 2. The number of benzene rings is 1. The molecule has 0 aromatic heterocycles. The van der Waals surface area contributed by atoms with Gasteiger partial charge in [0.1, 0.15) is 11.4 Å². The molecule has 1 rings (SSSR count). The number of carbonyl (C=O) groups is 2. The number of nitrogens with one attached hydrogen (secondary N) is 2. The molecular formula is C16H23ClN2O4. The van der Waals surface area contributed by atoms with Crippen LogP contribution < -0.4 is 15.4 Å². The minimum absolute atomic E-state index is 0.102. The van der Waals surface area contributed by atoms with Crippen LogP contribution in [0.1, 0.15) is 33.3 Å². The van der Waals surface area contributed by atoms with Crippen LogP contribution in [-0.4, -0.2) is 30.8 Å². The monoisotopic (exact) mass is 342 g/mol. The van der Waals surface area contributed by atoms with Gasteiger partial charge in [-0.05, 0) is 45.9 Å². The van der Waals surface area contributed by atoms with Crippen LogP contribution in [0.3, 0.4) is 0 Å². The van der Waals surface area contributed by atoms with Crippen molar-refractivity contribution in [2.24, 2.45) is 0 Å². The minimum atomic E-state index is -0.573. The van der Waals surface area contributed by atoms with Crippen molar-refractivity contribution in [1.82, 2.24) is 10.6 Å². The van der Waals surface area contributed by atoms with E-state index in [1.54, 1.807) is 39.0 Å². The molecule has 2 amide bonds. The maximum Gasteiger partial charge on any atom is 0.407 e. The van der Waals surface area contributed by atoms with Gasteiger partial charge in [-0.3, -0.25) is 4.79 Å². The molecule has 0 aliphatic rings. The molecule has 0 atom stereocenters. The summed E-state index contributed by atoms with van der Waals surface area (Å²) in [6.45, 7) is 7.80. The molecule has 1 aromatic carbocycles. The van der Waals surface area contributed by atoms with E-state index in [4.69, 9.17) is 21.1 Å². The molecule has 7 heteroatoms. The smallest absolute Gasteiger partial charge is 0.407 e. The number of rotatable bonds is 6. The molecule has 0 aliphatic heterocycles. The van der Waals surface area contributed by atoms with Crippen LogP contribution in [0, 0.1) is 0 Å². The zero-order valence-electron chi connectivity index (χ0n) is 13.9. The Morgan fingerprint density at radius 2 is 1.91 bits per heavy atom. The maximum absolute atomic E-state index is 11.7. The van der Waals surface area contributed by atoms with Crippen molar-refractivity contribution in [3.63, 3.8) is 0 Å². The Kier molecular flexibility index (Phi) is 7.16. The summed E-state index contributed by atoms with van der Waals surface area (Å²) >= 11 is 5.97. The minimum Gasteiger partial charge on any atom is -0.483 e. The lowest BCUT2D eigenvalue weighted by molar-refractivity contribution is -0.123. The topological polar surface area (TPSA) is 76.7 Å². The first kappa shape index (κ1) is 19.1. The summed E-state index contributed by atoms with van der Waals surface area (Å²) in [6.07, 6.45) is -0.535. The molecule has 0 aliphatic carbocycles. The average molecular weight is 343 g/mol. The van der Waals surface area contributed by atoms with E-state index in [0.717, 1.165) is 0 Å². The van der Waals surface area contributed by atoms with Crippen LogP contribution in [0.15, 0.2) is 18.2 Å². The number of likely N-dealkylation sites (N-methyl/N-ethyl adjacent to an activating group) is 1. The van der Waals surface area contributed by atoms with Crippen molar-refractivity contribution < 1.29 is 19.1 Å². The largest absolute Gasteiger partial charge is 0.483 e. The predicted octanol–water partition coefficient (Wildman–Crippen LogP) is 2.88. The van der Waals surface area contributed by atoms with Gasteiger partial charge in [0.15, 0.2) is 6.61 Å². The normalized spacial score (nSPS) is 10.8. The summed E-state index contributed by atoms with van der Waals surface area (Å²) in [5.41, 5.74) is 0.0864. The number of halogens is 1. The van der Waals surface area contributed by atoms with Crippen LogP contribution in [0.25, 0.3) is 0 Å². The molecule has 0 bridgehead atoms. The fraction of sp³-hybridized carbons (Fsp3) is 0.500. The number of ether oxygens (including phenoxy) is 2. The fourth-order valence-electron chi connectivity index (χ4n) is 1.70. The molecule has 0 unspecified atom stereocenters. The molecule has 0 heterocycles. The highest BCUT2D eigenvalue weighted by Crippen LogP contribution is 2.23. The lowest BCUT2D eigenvalue weighted by atomic mass is 10.2. The molecule has 0 saturated carbocycles. The SMILES string of the molecule is CCNC(=O)COc1ccc(Cl)cc1CNC(=O)OC(C)(C)C. The molecule has 0 saturated heterocycles. The standard InChI is InChI=1S/C16H23ClN2O4/c1-5-18-14(20)10-22-13-7-6-12(17)8-11(13)9-19-15(21)23-16(2,3)4/h6-8H,5,9-10H2,1-4H3,(H,18,20)(H,19,21). The van der Waals surface area contributed by atoms with Crippen LogP contribution in [-0.2, 0) is 16.1 Å². The highest BCUT2D eigenvalue weighted by atomic mass is 35.5. The zero-order chi connectivity index (χ0) is 17.5. The first-order valence-corrected chi connectivity index (χ1v) is 7.74. The van der Waals surface area contributed by atoms with Gasteiger partial charge in [0.25, 0.3) is 5.91 Å². The summed E-state index contributed by atoms with van der Waals surface area (Å²) in [5, 5.41) is 5.79. The van der Waals surface area contributed by atoms with E-state index >= 15 is 0 Å². The van der Waals surface area contributed by atoms with Crippen molar-refractivity contribution in [1.29, 1.82) is 0 Å². The molecule has 1 aromatic rings. The Bertz CT molecular complexity index is 556. The van der Waals surface area contributed by atoms with Crippen molar-refractivity contribution >= 4 is 23.6 Å². The lowest BCUT2D eigenvalue weighted by Gasteiger charge is -2.20. The van der Waals surface area contributed by atoms with Crippen molar-refractivity contribution in [2.75, 3.05) is 13.2 Å². The molecular weight excluding hydrogens is 320 g/mol. The van der Waals surface area contributed by atoms with Crippen molar-refractivity contribution in [2.45, 2.75) is 39.8 Å². The third-order valence-corrected chi connectivity index (χ3v) is 2.81. The molecule has 6 nitrogen and oxygen atoms in total. The van der Waals surface area contributed by atoms with E-state index in [2.05, 4.69) is 10.6 Å². The lowest BCUT2D eigenvalue weighted by Crippen LogP contribution is -2.32. The first-order valence-electron chi connectivity index (χ1n) is 7.36. The van der Waals surface area contributed by atoms with Gasteiger partial charge in [0.2, 0.25) is 0 Å². The number of alkyl carbamates (subject to hydrolysis) is 1. The molecule has 2 N–H and O–H groups in total. The zero-order valence-corrected chi connectivity index (χ0v) is 14.6. The van der Waals surface area contributed by atoms with E-state index in [-0.39, 0.29) is 19.1 Å². The number of hydrogen-bond acceptors (Lipinski definition) is 4. The van der Waals surface area contributed by atoms with Gasteiger partial charge in [-0.15, -0.1) is 0 Å². The molecule has 0 radical (unpaired) electrons. The summed E-state index contributed by atoms with van der Waals surface area (Å²) in [7, 11) is 0. The molecule has 0 spiro atoms. The van der Waals surface area contributed by atoms with Gasteiger partial charge in [-0.25, -0.2) is 4.79 Å². The van der Waals surface area contributed by atoms with Crippen LogP contribution in [0.4, 0.5) is 4.79 Å². The van der Waals surface area contributed by atoms with E-state index in [9.17, 15) is 9.59 Å². The summed E-state index contributed by atoms with van der Waals surface area (Å²) in [5.74, 6) is 0.269. The van der Waals surface area contributed by atoms with Crippen molar-refractivity contribution in [3.8, 4) is 5.75 Å². The fourth-order valence-corrected chi connectivity index (χ4v) is 1.89. The second kappa shape index (κ2) is 8.62. The maximum atomic E-state index is 11.7. The van der Waals surface area contributed by atoms with E-state index in [1.807, 2.05) is 6.92 Å². The second-order valence-corrected chi connectivity index (χ2v) is 6.29. The van der Waals surface area contributed by atoms with Crippen molar-refractivity contribution in [3.05, 3.63) is 28.8 Å². The van der Waals surface area contributed by atoms with Gasteiger partial charge in [-0.1, -0.05) is 11.6 Å². The van der Waals surface area contributed by atoms with Gasteiger partial charge >= 0.3 is 6.09 Å². The van der Waals surface area contributed by atoms with Gasteiger partial charge in [0.05, 0.1) is 0 Å². The Morgan fingerprint density at radius 1 is 1.22 bits per heavy atom. The quantitative estimate of drug-likeness (QED) is 0.833. The summed E-state index contributed by atoms with van der Waals surface area (Å²) in [4.78, 5) is 23.2. The van der Waals surface area contributed by atoms with Gasteiger partial charge in [-0.2, -0.15) is 0 Å². The Balaban J connectivity index is 2.67. The molecule has 0 fully saturated rings. The van der Waals surface area contributed by atoms with Gasteiger partial charge < -0.3 is 20.1 Å². The number of hydrogen-bond donors (Lipinski definition) is 2. The van der Waals surface area contributed by atoms with E-state index in [0.29, 0.717) is 22.9 Å². The van der Waals surface area contributed by atoms with E-state index < -0.39 is 11.7 Å². The first-order chi connectivity index (χ1) is 10.7. The Labute approximate surface area is 141 Å². The molecule has 23 heavy (non-hydrogen) atoms. The Hall–Kier alpha value is -1.95. The second-order valence-electron chi connectivity index (χ2n) is 5.85. The van der Waals surface area contributed by atoms with Gasteiger partial charge in [0, 0.05) is 23.7 Å². The summed E-state index contributed by atoms with van der Waals surface area (Å²) in [6, 6.07) is 4.99. The highest BCUT2D eigenvalue weighted by Gasteiger charge is 2.16. The van der Waals surface area contributed by atoms with E-state index in [1.165, 1.54) is 0 Å². The molecule has 128 valence electrons. The number of carbonyl (C=O) groups excluding carboxylic acids is 2.